The second kappa shape index (κ2) is 3.93. The van der Waals surface area contributed by atoms with Gasteiger partial charge >= 0.3 is 0 Å². The molecule has 76 valence electrons. The van der Waals surface area contributed by atoms with Crippen molar-refractivity contribution in [1.29, 1.82) is 4.61 Å². The molecule has 2 aromatic rings. The van der Waals surface area contributed by atoms with Crippen molar-refractivity contribution < 1.29 is 0 Å². The normalized spacial score (nSPS) is 11.2. The van der Waals surface area contributed by atoms with Crippen molar-refractivity contribution in [1.82, 2.24) is 0 Å². The van der Waals surface area contributed by atoms with Crippen LogP contribution in [0, 0.1) is 4.61 Å². The largest absolute Gasteiger partial charge is 0.221 e. The Morgan fingerprint density at radius 1 is 0.733 bits per heavy atom. The van der Waals surface area contributed by atoms with Gasteiger partial charge in [-0.3, -0.25) is 0 Å². The van der Waals surface area contributed by atoms with Crippen LogP contribution in [0.2, 0.25) is 0 Å². The average Bonchev–Trinajstić information content (AvgIpc) is 2.31. The Morgan fingerprint density at radius 3 is 1.40 bits per heavy atom. The van der Waals surface area contributed by atoms with Gasteiger partial charge in [0.15, 0.2) is 0 Å². The lowest BCUT2D eigenvalue weighted by atomic mass is 10.4. The van der Waals surface area contributed by atoms with Gasteiger partial charge in [0.25, 0.3) is 0 Å². The highest BCUT2D eigenvalue weighted by atomic mass is 32.2. The van der Waals surface area contributed by atoms with Gasteiger partial charge in [-0.05, 0) is 33.9 Å². The Kier molecular flexibility index (Phi) is 2.63. The SMILES string of the molecule is CS(#N)(c1ccccc1)c1ccccc1. The zero-order valence-electron chi connectivity index (χ0n) is 8.63. The van der Waals surface area contributed by atoms with E-state index < -0.39 is 9.66 Å². The second-order valence-corrected chi connectivity index (χ2v) is 6.20. The molecule has 0 unspecified atom stereocenters. The van der Waals surface area contributed by atoms with Gasteiger partial charge < -0.3 is 0 Å². The first kappa shape index (κ1) is 10.0. The number of rotatable bonds is 0. The van der Waals surface area contributed by atoms with Gasteiger partial charge in [0, 0.05) is 16.0 Å². The van der Waals surface area contributed by atoms with Crippen molar-refractivity contribution in [2.75, 3.05) is 6.26 Å². The zero-order chi connectivity index (χ0) is 10.7. The lowest BCUT2D eigenvalue weighted by Crippen LogP contribution is -1.85. The van der Waals surface area contributed by atoms with Crippen LogP contribution in [0.15, 0.2) is 70.5 Å². The molecule has 0 fully saturated rings. The maximum absolute atomic E-state index is 10.5. The lowest BCUT2D eigenvalue weighted by Gasteiger charge is -2.14. The third kappa shape index (κ3) is 1.96. The van der Waals surface area contributed by atoms with E-state index in [1.54, 1.807) is 0 Å². The van der Waals surface area contributed by atoms with Crippen LogP contribution in [0.3, 0.4) is 0 Å². The summed E-state index contributed by atoms with van der Waals surface area (Å²) in [4.78, 5) is 1.99. The highest BCUT2D eigenvalue weighted by Gasteiger charge is 2.12. The lowest BCUT2D eigenvalue weighted by molar-refractivity contribution is 1.35. The van der Waals surface area contributed by atoms with Crippen molar-refractivity contribution in [3.63, 3.8) is 0 Å². The van der Waals surface area contributed by atoms with E-state index in [9.17, 15) is 4.61 Å². The number of hydrogen-bond acceptors (Lipinski definition) is 1. The van der Waals surface area contributed by atoms with Gasteiger partial charge in [0.2, 0.25) is 0 Å². The highest BCUT2D eigenvalue weighted by Crippen LogP contribution is 2.45. The fraction of sp³-hybridized carbons (Fsp3) is 0.0769. The Hall–Kier alpha value is -1.50. The molecular formula is C13H13NS. The van der Waals surface area contributed by atoms with Crippen LogP contribution < -0.4 is 0 Å². The summed E-state index contributed by atoms with van der Waals surface area (Å²) in [5.74, 6) is 0. The molecule has 0 aliphatic carbocycles. The van der Waals surface area contributed by atoms with E-state index >= 15 is 0 Å². The molecule has 1 nitrogen and oxygen atoms in total. The maximum atomic E-state index is 10.5. The minimum absolute atomic E-state index is 0.996. The molecule has 0 radical (unpaired) electrons. The van der Waals surface area contributed by atoms with Crippen molar-refractivity contribution in [2.45, 2.75) is 9.79 Å². The van der Waals surface area contributed by atoms with Crippen LogP contribution in [0.25, 0.3) is 0 Å². The number of hydrogen-bond donors (Lipinski definition) is 0. The van der Waals surface area contributed by atoms with Crippen molar-refractivity contribution in [3.05, 3.63) is 60.7 Å². The van der Waals surface area contributed by atoms with E-state index in [0.717, 1.165) is 9.79 Å². The molecule has 15 heavy (non-hydrogen) atoms. The molecule has 2 rings (SSSR count). The van der Waals surface area contributed by atoms with Gasteiger partial charge in [-0.15, -0.1) is 0 Å². The third-order valence-electron chi connectivity index (χ3n) is 2.40. The number of nitrogens with zero attached hydrogens (tertiary/aromatic N) is 1. The van der Waals surface area contributed by atoms with Gasteiger partial charge in [-0.1, -0.05) is 36.4 Å². The summed E-state index contributed by atoms with van der Waals surface area (Å²) >= 11 is 0. The molecule has 0 aromatic heterocycles. The van der Waals surface area contributed by atoms with Crippen LogP contribution in [0.1, 0.15) is 0 Å². The summed E-state index contributed by atoms with van der Waals surface area (Å²) in [6.07, 6.45) is 1.90. The van der Waals surface area contributed by atoms with Gasteiger partial charge in [-0.25, -0.2) is 4.61 Å². The summed E-state index contributed by atoms with van der Waals surface area (Å²) in [7, 11) is -1.84. The quantitative estimate of drug-likeness (QED) is 0.651. The molecule has 0 bridgehead atoms. The van der Waals surface area contributed by atoms with E-state index in [-0.39, 0.29) is 0 Å². The minimum Gasteiger partial charge on any atom is -0.221 e. The molecule has 0 aliphatic heterocycles. The molecule has 0 saturated heterocycles. The predicted octanol–water partition coefficient (Wildman–Crippen LogP) is 4.02. The van der Waals surface area contributed by atoms with Crippen LogP contribution in [0.4, 0.5) is 0 Å². The van der Waals surface area contributed by atoms with E-state index in [1.165, 1.54) is 0 Å². The fourth-order valence-electron chi connectivity index (χ4n) is 1.51. The van der Waals surface area contributed by atoms with Crippen molar-refractivity contribution in [3.8, 4) is 0 Å². The van der Waals surface area contributed by atoms with Crippen LogP contribution in [-0.4, -0.2) is 6.26 Å². The molecular weight excluding hydrogens is 202 g/mol. The summed E-state index contributed by atoms with van der Waals surface area (Å²) in [5.41, 5.74) is 0. The Balaban J connectivity index is 2.51. The van der Waals surface area contributed by atoms with Gasteiger partial charge in [0.1, 0.15) is 0 Å². The summed E-state index contributed by atoms with van der Waals surface area (Å²) in [6.45, 7) is 0. The van der Waals surface area contributed by atoms with Gasteiger partial charge in [0.05, 0.1) is 0 Å². The zero-order valence-corrected chi connectivity index (χ0v) is 9.45. The predicted molar refractivity (Wildman–Crippen MR) is 64.7 cm³/mol. The molecule has 0 atom stereocenters. The summed E-state index contributed by atoms with van der Waals surface area (Å²) < 4.78 is 10.5. The monoisotopic (exact) mass is 215 g/mol. The molecule has 0 heterocycles. The Bertz CT molecular complexity index is 489. The van der Waals surface area contributed by atoms with Crippen LogP contribution in [0.5, 0.6) is 0 Å². The molecule has 0 aliphatic rings. The first-order valence-corrected chi connectivity index (χ1v) is 6.82. The van der Waals surface area contributed by atoms with E-state index in [4.69, 9.17) is 0 Å². The third-order valence-corrected chi connectivity index (χ3v) is 4.78. The molecule has 0 N–H and O–H groups in total. The molecule has 0 spiro atoms. The topological polar surface area (TPSA) is 23.8 Å². The van der Waals surface area contributed by atoms with Gasteiger partial charge in [-0.2, -0.15) is 0 Å². The van der Waals surface area contributed by atoms with E-state index in [0.29, 0.717) is 0 Å². The highest BCUT2D eigenvalue weighted by molar-refractivity contribution is 8.21. The van der Waals surface area contributed by atoms with E-state index in [1.807, 2.05) is 66.9 Å². The molecule has 0 amide bonds. The first-order chi connectivity index (χ1) is 7.21. The smallest absolute Gasteiger partial charge is 0.0261 e. The minimum atomic E-state index is -1.84. The fourth-order valence-corrected chi connectivity index (χ4v) is 3.15. The van der Waals surface area contributed by atoms with Crippen molar-refractivity contribution in [2.24, 2.45) is 0 Å². The Labute approximate surface area is 91.3 Å². The second-order valence-electron chi connectivity index (χ2n) is 3.50. The molecule has 0 saturated carbocycles. The standard InChI is InChI=1S/C13H13NS/c1-15(14,12-8-4-2-5-9-12)13-10-6-3-7-11-13/h2-11H,1H3. The van der Waals surface area contributed by atoms with Crippen LogP contribution in [-0.2, 0) is 0 Å². The number of benzene rings is 2. The van der Waals surface area contributed by atoms with Crippen molar-refractivity contribution >= 4 is 9.66 Å². The average molecular weight is 215 g/mol. The Morgan fingerprint density at radius 2 is 1.07 bits per heavy atom. The summed E-state index contributed by atoms with van der Waals surface area (Å²) in [5, 5.41) is 0. The molecule has 2 heteroatoms. The van der Waals surface area contributed by atoms with Crippen LogP contribution >= 0.6 is 9.66 Å². The first-order valence-electron chi connectivity index (χ1n) is 4.82. The van der Waals surface area contributed by atoms with E-state index in [2.05, 4.69) is 0 Å². The maximum Gasteiger partial charge on any atom is 0.0261 e. The molecule has 2 aromatic carbocycles. The summed E-state index contributed by atoms with van der Waals surface area (Å²) in [6, 6.07) is 19.7.